The Bertz CT molecular complexity index is 576. The van der Waals surface area contributed by atoms with Gasteiger partial charge < -0.3 is 10.4 Å². The first-order valence-electron chi connectivity index (χ1n) is 6.86. The van der Waals surface area contributed by atoms with Gasteiger partial charge in [0, 0.05) is 25.4 Å². The predicted octanol–water partition coefficient (Wildman–Crippen LogP) is 1.99. The number of benzene rings is 1. The summed E-state index contributed by atoms with van der Waals surface area (Å²) >= 11 is 0. The normalized spacial score (nSPS) is 11.9. The smallest absolute Gasteiger partial charge is 0.220 e. The third-order valence-corrected chi connectivity index (χ3v) is 3.11. The van der Waals surface area contributed by atoms with Crippen LogP contribution in [0.1, 0.15) is 24.5 Å². The van der Waals surface area contributed by atoms with E-state index in [0.29, 0.717) is 12.8 Å². The highest BCUT2D eigenvalue weighted by molar-refractivity contribution is 5.76. The van der Waals surface area contributed by atoms with E-state index in [2.05, 4.69) is 17.0 Å². The molecule has 1 aromatic heterocycles. The molecule has 0 spiro atoms. The minimum absolute atomic E-state index is 0.0814. The highest BCUT2D eigenvalue weighted by atomic mass is 16.3. The molecule has 2 N–H and O–H groups in total. The molecule has 5 heteroatoms. The first-order valence-corrected chi connectivity index (χ1v) is 6.86. The summed E-state index contributed by atoms with van der Waals surface area (Å²) in [6.07, 6.45) is 5.58. The second-order valence-corrected chi connectivity index (χ2v) is 4.69. The van der Waals surface area contributed by atoms with Gasteiger partial charge in [-0.2, -0.15) is 5.10 Å². The second-order valence-electron chi connectivity index (χ2n) is 4.69. The lowest BCUT2D eigenvalue weighted by Crippen LogP contribution is -2.27. The lowest BCUT2D eigenvalue weighted by molar-refractivity contribution is -0.121. The lowest BCUT2D eigenvalue weighted by Gasteiger charge is -2.13. The Morgan fingerprint density at radius 3 is 2.81 bits per heavy atom. The Balaban J connectivity index is 1.89. The molecule has 1 unspecified atom stereocenters. The molecule has 21 heavy (non-hydrogen) atoms. The molecule has 0 bridgehead atoms. The first kappa shape index (κ1) is 15.0. The van der Waals surface area contributed by atoms with Crippen LogP contribution in [0.4, 0.5) is 0 Å². The standard InChI is InChI=1S/C16H19N3O2/c1-2-3-5-16(21)17-12-15(20)13-6-8-14(9-7-13)19-11-4-10-18-19/h2,4,6-11,15,20H,1,3,5,12H2,(H,17,21). The number of hydrogen-bond acceptors (Lipinski definition) is 3. The Morgan fingerprint density at radius 1 is 1.43 bits per heavy atom. The monoisotopic (exact) mass is 285 g/mol. The molecule has 0 radical (unpaired) electrons. The van der Waals surface area contributed by atoms with E-state index in [9.17, 15) is 9.90 Å². The molecule has 0 aliphatic rings. The number of allylic oxidation sites excluding steroid dienone is 1. The molecular formula is C16H19N3O2. The molecule has 0 aliphatic carbocycles. The number of aromatic nitrogens is 2. The van der Waals surface area contributed by atoms with E-state index in [0.717, 1.165) is 11.3 Å². The summed E-state index contributed by atoms with van der Waals surface area (Å²) in [6, 6.07) is 9.27. The molecule has 1 heterocycles. The maximum Gasteiger partial charge on any atom is 0.220 e. The largest absolute Gasteiger partial charge is 0.387 e. The van der Waals surface area contributed by atoms with Crippen molar-refractivity contribution >= 4 is 5.91 Å². The van der Waals surface area contributed by atoms with E-state index in [1.54, 1.807) is 17.0 Å². The van der Waals surface area contributed by atoms with Crippen LogP contribution in [0.15, 0.2) is 55.4 Å². The summed E-state index contributed by atoms with van der Waals surface area (Å²) < 4.78 is 1.74. The van der Waals surface area contributed by atoms with Crippen molar-refractivity contribution in [2.24, 2.45) is 0 Å². The van der Waals surface area contributed by atoms with Gasteiger partial charge in [0.15, 0.2) is 0 Å². The number of carbonyl (C=O) groups is 1. The van der Waals surface area contributed by atoms with E-state index in [1.165, 1.54) is 0 Å². The summed E-state index contributed by atoms with van der Waals surface area (Å²) in [5.41, 5.74) is 1.68. The lowest BCUT2D eigenvalue weighted by atomic mass is 10.1. The van der Waals surface area contributed by atoms with Gasteiger partial charge in [-0.15, -0.1) is 6.58 Å². The van der Waals surface area contributed by atoms with Crippen molar-refractivity contribution < 1.29 is 9.90 Å². The minimum Gasteiger partial charge on any atom is -0.387 e. The van der Waals surface area contributed by atoms with Crippen LogP contribution in [0.5, 0.6) is 0 Å². The average molecular weight is 285 g/mol. The Morgan fingerprint density at radius 2 is 2.19 bits per heavy atom. The van der Waals surface area contributed by atoms with E-state index in [-0.39, 0.29) is 12.5 Å². The first-order chi connectivity index (χ1) is 10.2. The molecule has 0 saturated heterocycles. The highest BCUT2D eigenvalue weighted by Crippen LogP contribution is 2.15. The number of carbonyl (C=O) groups excluding carboxylic acids is 1. The minimum atomic E-state index is -0.718. The Kier molecular flexibility index (Phi) is 5.29. The third kappa shape index (κ3) is 4.29. The number of nitrogens with one attached hydrogen (secondary N) is 1. The predicted molar refractivity (Wildman–Crippen MR) is 81.0 cm³/mol. The highest BCUT2D eigenvalue weighted by Gasteiger charge is 2.09. The van der Waals surface area contributed by atoms with Crippen LogP contribution in [0.3, 0.4) is 0 Å². The van der Waals surface area contributed by atoms with Crippen molar-refractivity contribution in [3.05, 3.63) is 60.9 Å². The molecule has 110 valence electrons. The van der Waals surface area contributed by atoms with Crippen molar-refractivity contribution in [2.45, 2.75) is 18.9 Å². The van der Waals surface area contributed by atoms with Gasteiger partial charge in [-0.3, -0.25) is 4.79 Å². The van der Waals surface area contributed by atoms with Crippen LogP contribution in [0.25, 0.3) is 5.69 Å². The van der Waals surface area contributed by atoms with Crippen molar-refractivity contribution in [1.82, 2.24) is 15.1 Å². The maximum absolute atomic E-state index is 11.5. The van der Waals surface area contributed by atoms with Crippen LogP contribution >= 0.6 is 0 Å². The van der Waals surface area contributed by atoms with Gasteiger partial charge in [0.2, 0.25) is 5.91 Å². The summed E-state index contributed by atoms with van der Waals surface area (Å²) in [7, 11) is 0. The van der Waals surface area contributed by atoms with E-state index in [1.807, 2.05) is 36.5 Å². The SMILES string of the molecule is C=CCCC(=O)NCC(O)c1ccc(-n2cccn2)cc1. The van der Waals surface area contributed by atoms with Crippen LogP contribution in [-0.4, -0.2) is 27.3 Å². The molecule has 1 atom stereocenters. The van der Waals surface area contributed by atoms with Gasteiger partial charge in [0.1, 0.15) is 0 Å². The molecule has 2 aromatic rings. The number of amides is 1. The van der Waals surface area contributed by atoms with Gasteiger partial charge in [-0.25, -0.2) is 4.68 Å². The number of hydrogen-bond donors (Lipinski definition) is 2. The Labute approximate surface area is 123 Å². The fourth-order valence-corrected chi connectivity index (χ4v) is 1.92. The fraction of sp³-hybridized carbons (Fsp3) is 0.250. The van der Waals surface area contributed by atoms with Crippen molar-refractivity contribution in [3.63, 3.8) is 0 Å². The van der Waals surface area contributed by atoms with E-state index < -0.39 is 6.10 Å². The molecule has 5 nitrogen and oxygen atoms in total. The second kappa shape index (κ2) is 7.40. The van der Waals surface area contributed by atoms with Crippen molar-refractivity contribution in [2.75, 3.05) is 6.54 Å². The van der Waals surface area contributed by atoms with Gasteiger partial charge in [0.05, 0.1) is 11.8 Å². The zero-order chi connectivity index (χ0) is 15.1. The van der Waals surface area contributed by atoms with Gasteiger partial charge in [0.25, 0.3) is 0 Å². The van der Waals surface area contributed by atoms with Gasteiger partial charge in [-0.05, 0) is 30.2 Å². The van der Waals surface area contributed by atoms with Crippen LogP contribution < -0.4 is 5.32 Å². The third-order valence-electron chi connectivity index (χ3n) is 3.11. The number of aliphatic hydroxyl groups is 1. The average Bonchev–Trinajstić information content (AvgIpc) is 3.05. The fourth-order valence-electron chi connectivity index (χ4n) is 1.92. The number of rotatable bonds is 7. The van der Waals surface area contributed by atoms with Gasteiger partial charge in [-0.1, -0.05) is 18.2 Å². The quantitative estimate of drug-likeness (QED) is 0.764. The molecule has 0 aliphatic heterocycles. The van der Waals surface area contributed by atoms with E-state index >= 15 is 0 Å². The summed E-state index contributed by atoms with van der Waals surface area (Å²) in [5.74, 6) is -0.0814. The summed E-state index contributed by atoms with van der Waals surface area (Å²) in [4.78, 5) is 11.5. The topological polar surface area (TPSA) is 67.2 Å². The van der Waals surface area contributed by atoms with Crippen LogP contribution in [-0.2, 0) is 4.79 Å². The Hall–Kier alpha value is -2.40. The van der Waals surface area contributed by atoms with Gasteiger partial charge >= 0.3 is 0 Å². The van der Waals surface area contributed by atoms with Crippen LogP contribution in [0.2, 0.25) is 0 Å². The summed E-state index contributed by atoms with van der Waals surface area (Å²) in [5, 5.41) is 16.9. The molecule has 0 fully saturated rings. The molecule has 1 amide bonds. The number of nitrogens with zero attached hydrogens (tertiary/aromatic N) is 2. The van der Waals surface area contributed by atoms with E-state index in [4.69, 9.17) is 0 Å². The zero-order valence-corrected chi connectivity index (χ0v) is 11.8. The van der Waals surface area contributed by atoms with Crippen molar-refractivity contribution in [1.29, 1.82) is 0 Å². The molecule has 1 aromatic carbocycles. The van der Waals surface area contributed by atoms with Crippen LogP contribution in [0, 0.1) is 0 Å². The summed E-state index contributed by atoms with van der Waals surface area (Å²) in [6.45, 7) is 3.77. The molecule has 2 rings (SSSR count). The molecule has 0 saturated carbocycles. The zero-order valence-electron chi connectivity index (χ0n) is 11.8. The van der Waals surface area contributed by atoms with Crippen molar-refractivity contribution in [3.8, 4) is 5.69 Å². The maximum atomic E-state index is 11.5. The molecular weight excluding hydrogens is 266 g/mol. The number of aliphatic hydroxyl groups excluding tert-OH is 1.